The molecule has 0 atom stereocenters. The molecule has 10 rings (SSSR count). The topological polar surface area (TPSA) is 87.8 Å². The Morgan fingerprint density at radius 2 is 1.07 bits per heavy atom. The Kier molecular flexibility index (Phi) is 9.15. The van der Waals surface area contributed by atoms with Crippen molar-refractivity contribution >= 4 is 29.3 Å². The molecule has 1 N–H and O–H groups in total. The van der Waals surface area contributed by atoms with Crippen LogP contribution in [0, 0.1) is 10.8 Å². The van der Waals surface area contributed by atoms with E-state index in [0.717, 1.165) is 81.8 Å². The Hall–Kier alpha value is -4.95. The van der Waals surface area contributed by atoms with Crippen molar-refractivity contribution in [2.45, 2.75) is 90.6 Å². The van der Waals surface area contributed by atoms with Gasteiger partial charge in [0.2, 0.25) is 0 Å². The number of benzene rings is 2. The molecule has 2 saturated heterocycles. The molecule has 8 nitrogen and oxygen atoms in total. The average Bonchev–Trinajstić information content (AvgIpc) is 3.98. The first kappa shape index (κ1) is 37.6. The highest BCUT2D eigenvalue weighted by atomic mass is 16.3. The van der Waals surface area contributed by atoms with Gasteiger partial charge in [-0.05, 0) is 143 Å². The molecule has 0 bridgehead atoms. The van der Waals surface area contributed by atoms with Gasteiger partial charge >= 0.3 is 0 Å². The van der Waals surface area contributed by atoms with Gasteiger partial charge in [0.15, 0.2) is 5.78 Å². The molecular weight excluding hydrogens is 709 g/mol. The van der Waals surface area contributed by atoms with E-state index in [1.165, 1.54) is 62.7 Å². The fraction of sp³-hybridized carbons (Fsp3) is 0.449. The summed E-state index contributed by atoms with van der Waals surface area (Å²) in [6, 6.07) is 12.4. The highest BCUT2D eigenvalue weighted by Gasteiger charge is 2.45. The van der Waals surface area contributed by atoms with Gasteiger partial charge in [0.05, 0.1) is 5.60 Å². The normalized spacial score (nSPS) is 19.4. The van der Waals surface area contributed by atoms with Crippen LogP contribution in [0.2, 0.25) is 0 Å². The van der Waals surface area contributed by atoms with E-state index in [-0.39, 0.29) is 16.9 Å². The summed E-state index contributed by atoms with van der Waals surface area (Å²) in [6.45, 7) is 9.56. The van der Waals surface area contributed by atoms with Gasteiger partial charge in [0.25, 0.3) is 11.1 Å². The number of allylic oxidation sites excluding steroid dienone is 2. The first-order chi connectivity index (χ1) is 27.2. The van der Waals surface area contributed by atoms with Crippen LogP contribution in [0.15, 0.2) is 70.5 Å². The van der Waals surface area contributed by atoms with E-state index in [1.54, 1.807) is 16.1 Å². The quantitative estimate of drug-likeness (QED) is 0.199. The van der Waals surface area contributed by atoms with Crippen molar-refractivity contribution in [1.82, 2.24) is 9.13 Å². The maximum Gasteiger partial charge on any atom is 0.254 e. The number of carbonyl (C=O) groups excluding carboxylic acids is 1. The lowest BCUT2D eigenvalue weighted by Gasteiger charge is -2.36. The summed E-state index contributed by atoms with van der Waals surface area (Å²) in [5, 5.41) is 10.6. The van der Waals surface area contributed by atoms with Crippen molar-refractivity contribution in [3.8, 4) is 22.3 Å². The first-order valence-electron chi connectivity index (χ1n) is 21.1. The van der Waals surface area contributed by atoms with E-state index in [9.17, 15) is 19.5 Å². The number of rotatable bonds is 6. The lowest BCUT2D eigenvalue weighted by atomic mass is 9.89. The zero-order valence-corrected chi connectivity index (χ0v) is 34.3. The van der Waals surface area contributed by atoms with Crippen molar-refractivity contribution in [1.29, 1.82) is 0 Å². The second kappa shape index (κ2) is 13.9. The van der Waals surface area contributed by atoms with Crippen LogP contribution in [0.4, 0.5) is 11.4 Å². The Morgan fingerprint density at radius 3 is 1.49 bits per heavy atom. The molecular formula is C49H56N4O4. The van der Waals surface area contributed by atoms with Crippen molar-refractivity contribution < 1.29 is 9.90 Å². The third-order valence-corrected chi connectivity index (χ3v) is 14.2. The second-order valence-corrected chi connectivity index (χ2v) is 18.5. The lowest BCUT2D eigenvalue weighted by Crippen LogP contribution is -2.35. The van der Waals surface area contributed by atoms with Gasteiger partial charge in [-0.3, -0.25) is 14.4 Å². The number of hydrogen-bond acceptors (Lipinski definition) is 6. The number of aliphatic hydroxyl groups is 1. The molecule has 6 aliphatic rings. The SMILES string of the molecule is CC(=O)c1ccc(N2CCC3(CC2)CC3)c(-c2cn(C)c(=O)c3c2C=CC3)c1.Cn1cc(-c2cc(C(C)(C)O)ccc2N2CCC3(CC2)CC3)c2c(c1=O)CC=C2. The predicted molar refractivity (Wildman–Crippen MR) is 231 cm³/mol. The van der Waals surface area contributed by atoms with Crippen LogP contribution in [0.3, 0.4) is 0 Å². The fourth-order valence-electron chi connectivity index (χ4n) is 9.87. The molecule has 296 valence electrons. The van der Waals surface area contributed by atoms with Crippen LogP contribution in [-0.2, 0) is 32.5 Å². The highest BCUT2D eigenvalue weighted by Crippen LogP contribution is 2.55. The Bertz CT molecular complexity index is 2470. The number of nitrogens with zero attached hydrogens (tertiary/aromatic N) is 4. The third kappa shape index (κ3) is 6.94. The molecule has 2 aromatic heterocycles. The molecule has 0 radical (unpaired) electrons. The number of ketones is 1. The van der Waals surface area contributed by atoms with Crippen molar-refractivity contribution in [3.05, 3.63) is 115 Å². The average molecular weight is 765 g/mol. The Balaban J connectivity index is 0.000000148. The minimum absolute atomic E-state index is 0.0698. The number of piperidine rings is 2. The predicted octanol–water partition coefficient (Wildman–Crippen LogP) is 8.43. The molecule has 4 aliphatic carbocycles. The standard InChI is InChI=1S/C25H30N2O2.C24H26N2O2/c1-24(2,29)17-7-8-22(27-13-11-25(9-10-25)12-14-27)20(15-17)21-16-26(3)23(28)19-6-4-5-18(19)21;1-16(27)17-6-7-22(26-12-10-24(8-9-24)11-13-26)20(14-17)21-15-25(2)23(28)19-5-3-4-18(19)21/h4-5,7-8,15-16,29H,6,9-14H2,1-3H3;3-4,6-7,14-15H,5,8-13H2,1-2H3. The summed E-state index contributed by atoms with van der Waals surface area (Å²) in [4.78, 5) is 42.2. The summed E-state index contributed by atoms with van der Waals surface area (Å²) in [6.07, 6.45) is 24.2. The molecule has 2 aromatic carbocycles. The van der Waals surface area contributed by atoms with Crippen LogP contribution in [0.25, 0.3) is 34.4 Å². The van der Waals surface area contributed by atoms with Gasteiger partial charge in [-0.25, -0.2) is 0 Å². The van der Waals surface area contributed by atoms with Gasteiger partial charge in [-0.1, -0.05) is 30.4 Å². The monoisotopic (exact) mass is 764 g/mol. The molecule has 4 fully saturated rings. The lowest BCUT2D eigenvalue weighted by molar-refractivity contribution is 0.0786. The van der Waals surface area contributed by atoms with Crippen molar-refractivity contribution in [3.63, 3.8) is 0 Å². The number of aromatic nitrogens is 2. The number of pyridine rings is 2. The third-order valence-electron chi connectivity index (χ3n) is 14.2. The summed E-state index contributed by atoms with van der Waals surface area (Å²) in [7, 11) is 3.65. The maximum absolute atomic E-state index is 12.6. The van der Waals surface area contributed by atoms with Gasteiger partial charge in [-0.15, -0.1) is 0 Å². The largest absolute Gasteiger partial charge is 0.386 e. The van der Waals surface area contributed by atoms with Crippen LogP contribution in [0.1, 0.15) is 110 Å². The van der Waals surface area contributed by atoms with Crippen LogP contribution >= 0.6 is 0 Å². The molecule has 2 aliphatic heterocycles. The van der Waals surface area contributed by atoms with E-state index in [2.05, 4.69) is 58.4 Å². The van der Waals surface area contributed by atoms with Gasteiger partial charge in [-0.2, -0.15) is 0 Å². The minimum atomic E-state index is -0.910. The van der Waals surface area contributed by atoms with Gasteiger partial charge in [0, 0.05) is 103 Å². The van der Waals surface area contributed by atoms with Gasteiger partial charge in [0.1, 0.15) is 0 Å². The van der Waals surface area contributed by atoms with Crippen molar-refractivity contribution in [2.75, 3.05) is 36.0 Å². The number of fused-ring (bicyclic) bond motifs is 2. The van der Waals surface area contributed by atoms with E-state index >= 15 is 0 Å². The summed E-state index contributed by atoms with van der Waals surface area (Å²) in [5.74, 6) is 0.0698. The summed E-state index contributed by atoms with van der Waals surface area (Å²) >= 11 is 0. The van der Waals surface area contributed by atoms with E-state index in [1.807, 2.05) is 52.5 Å². The zero-order valence-electron chi connectivity index (χ0n) is 34.3. The zero-order chi connectivity index (χ0) is 39.9. The summed E-state index contributed by atoms with van der Waals surface area (Å²) < 4.78 is 3.39. The number of hydrogen-bond donors (Lipinski definition) is 1. The summed E-state index contributed by atoms with van der Waals surface area (Å²) in [5.41, 5.74) is 12.6. The molecule has 57 heavy (non-hydrogen) atoms. The smallest absolute Gasteiger partial charge is 0.254 e. The number of aryl methyl sites for hydroxylation is 2. The molecule has 4 heterocycles. The molecule has 4 aromatic rings. The maximum atomic E-state index is 12.6. The van der Waals surface area contributed by atoms with Crippen LogP contribution in [-0.4, -0.2) is 46.2 Å². The van der Waals surface area contributed by atoms with Crippen molar-refractivity contribution in [2.24, 2.45) is 24.9 Å². The first-order valence-corrected chi connectivity index (χ1v) is 21.1. The molecule has 8 heteroatoms. The number of anilines is 2. The molecule has 0 unspecified atom stereocenters. The van der Waals surface area contributed by atoms with E-state index in [4.69, 9.17) is 0 Å². The molecule has 2 saturated carbocycles. The van der Waals surface area contributed by atoms with E-state index in [0.29, 0.717) is 23.7 Å². The fourth-order valence-corrected chi connectivity index (χ4v) is 9.87. The highest BCUT2D eigenvalue weighted by molar-refractivity contribution is 5.98. The Labute approximate surface area is 336 Å². The minimum Gasteiger partial charge on any atom is -0.386 e. The molecule has 0 amide bonds. The number of carbonyl (C=O) groups is 1. The van der Waals surface area contributed by atoms with Crippen LogP contribution in [0.5, 0.6) is 0 Å². The second-order valence-electron chi connectivity index (χ2n) is 18.5. The molecule has 2 spiro atoms. The van der Waals surface area contributed by atoms with Crippen LogP contribution < -0.4 is 20.9 Å². The van der Waals surface area contributed by atoms with Gasteiger partial charge < -0.3 is 24.0 Å². The number of Topliss-reactive ketones (excluding diaryl/α,β-unsaturated/α-hetero) is 1. The Morgan fingerprint density at radius 1 is 0.632 bits per heavy atom. The van der Waals surface area contributed by atoms with E-state index < -0.39 is 5.60 Å².